The van der Waals surface area contributed by atoms with Crippen molar-refractivity contribution in [2.24, 2.45) is 0 Å². The molecule has 0 atom stereocenters. The quantitative estimate of drug-likeness (QED) is 0.115. The minimum absolute atomic E-state index is 0.873. The average Bonchev–Trinajstić information content (AvgIpc) is 1.56. The highest BCUT2D eigenvalue weighted by Crippen LogP contribution is 2.48. The molecule has 18 aromatic rings. The molecule has 0 radical (unpaired) electrons. The monoisotopic (exact) mass is 1230 g/mol. The summed E-state index contributed by atoms with van der Waals surface area (Å²) in [7, 11) is 0. The average molecular weight is 1230 g/mol. The van der Waals surface area contributed by atoms with E-state index in [1.807, 2.05) is 0 Å². The molecule has 0 amide bonds. The van der Waals surface area contributed by atoms with Crippen molar-refractivity contribution in [3.8, 4) is 11.1 Å². The molecular formula is C90H62N4O2. The van der Waals surface area contributed by atoms with E-state index in [2.05, 4.69) is 373 Å². The van der Waals surface area contributed by atoms with Gasteiger partial charge >= 0.3 is 0 Å². The first kappa shape index (κ1) is 56.1. The van der Waals surface area contributed by atoms with Gasteiger partial charge in [-0.05, 0) is 243 Å². The summed E-state index contributed by atoms with van der Waals surface area (Å²) in [6.07, 6.45) is 0. The van der Waals surface area contributed by atoms with Crippen LogP contribution in [0.3, 0.4) is 0 Å². The minimum Gasteiger partial charge on any atom is -0.456 e. The van der Waals surface area contributed by atoms with Crippen LogP contribution in [0, 0.1) is 13.8 Å². The molecule has 16 aromatic carbocycles. The van der Waals surface area contributed by atoms with Crippen LogP contribution in [0.15, 0.2) is 349 Å². The lowest BCUT2D eigenvalue weighted by Crippen LogP contribution is -2.11. The van der Waals surface area contributed by atoms with Crippen LogP contribution in [0.1, 0.15) is 11.1 Å². The third-order valence-corrected chi connectivity index (χ3v) is 19.2. The van der Waals surface area contributed by atoms with Crippen LogP contribution in [0.25, 0.3) is 98.1 Å². The third-order valence-electron chi connectivity index (χ3n) is 19.2. The van der Waals surface area contributed by atoms with E-state index in [-0.39, 0.29) is 0 Å². The van der Waals surface area contributed by atoms with E-state index >= 15 is 0 Å². The highest BCUT2D eigenvalue weighted by molar-refractivity contribution is 6.28. The van der Waals surface area contributed by atoms with Gasteiger partial charge in [0.05, 0.1) is 0 Å². The Balaban J connectivity index is 0.668. The third kappa shape index (κ3) is 9.65. The maximum absolute atomic E-state index is 6.68. The molecule has 0 spiro atoms. The van der Waals surface area contributed by atoms with Crippen molar-refractivity contribution in [1.29, 1.82) is 0 Å². The van der Waals surface area contributed by atoms with Crippen LogP contribution < -0.4 is 19.6 Å². The Kier molecular flexibility index (Phi) is 13.6. The summed E-state index contributed by atoms with van der Waals surface area (Å²) in [6, 6.07) is 122. The normalized spacial score (nSPS) is 11.6. The highest BCUT2D eigenvalue weighted by Gasteiger charge is 2.23. The lowest BCUT2D eigenvalue weighted by Gasteiger charge is -2.28. The molecule has 0 saturated heterocycles. The minimum atomic E-state index is 0.873. The number of anilines is 12. The first-order valence-electron chi connectivity index (χ1n) is 32.8. The smallest absolute Gasteiger partial charge is 0.136 e. The Morgan fingerprint density at radius 1 is 0.198 bits per heavy atom. The standard InChI is InChI=1S/C90H62N4O2/c1-59-20-18-19-31-81(59)93(70-27-14-6-15-28-70)75-43-47-79-65(57-75)37-52-85-89(79)90-80-48-44-76(58-66(80)38-53-86(90)96-85)94(71-29-16-7-17-30-71)82-49-34-62(54-60(82)2)61-32-39-72(40-33-61)92(69-25-12-5-13-26-69)74-42-46-78-64(56-74)36-51-84-88(78)87-77-45-41-73(55-63(77)35-50-83(87)95-84)91(67-21-8-3-9-22-67)68-23-10-4-11-24-68/h3-58H,1-2H3. The molecule has 18 rings (SSSR count). The second-order valence-electron chi connectivity index (χ2n) is 24.9. The van der Waals surface area contributed by atoms with Gasteiger partial charge < -0.3 is 28.4 Å². The summed E-state index contributed by atoms with van der Waals surface area (Å²) in [5.74, 6) is 0. The van der Waals surface area contributed by atoms with Crippen LogP contribution in [0.5, 0.6) is 0 Å². The van der Waals surface area contributed by atoms with Gasteiger partial charge in [-0.25, -0.2) is 0 Å². The molecule has 0 N–H and O–H groups in total. The van der Waals surface area contributed by atoms with E-state index in [0.717, 1.165) is 172 Å². The first-order chi connectivity index (χ1) is 47.4. The zero-order valence-corrected chi connectivity index (χ0v) is 52.9. The lowest BCUT2D eigenvalue weighted by atomic mass is 9.98. The summed E-state index contributed by atoms with van der Waals surface area (Å²) in [6.45, 7) is 4.40. The Labute approximate surface area is 556 Å². The van der Waals surface area contributed by atoms with Crippen LogP contribution in [-0.2, 0) is 0 Å². The van der Waals surface area contributed by atoms with Crippen molar-refractivity contribution in [1.82, 2.24) is 0 Å². The summed E-state index contributed by atoms with van der Waals surface area (Å²) in [5, 5.41) is 13.7. The van der Waals surface area contributed by atoms with Crippen molar-refractivity contribution in [3.63, 3.8) is 0 Å². The van der Waals surface area contributed by atoms with E-state index < -0.39 is 0 Å². The summed E-state index contributed by atoms with van der Waals surface area (Å²) in [5.41, 5.74) is 21.3. The van der Waals surface area contributed by atoms with Crippen molar-refractivity contribution in [2.75, 3.05) is 19.6 Å². The van der Waals surface area contributed by atoms with Crippen molar-refractivity contribution in [2.45, 2.75) is 13.8 Å². The van der Waals surface area contributed by atoms with E-state index in [4.69, 9.17) is 8.83 Å². The molecule has 0 aliphatic rings. The van der Waals surface area contributed by atoms with E-state index in [1.165, 1.54) is 5.56 Å². The number of benzene rings is 16. The van der Waals surface area contributed by atoms with Crippen LogP contribution in [-0.4, -0.2) is 0 Å². The zero-order chi connectivity index (χ0) is 63.8. The molecule has 0 bridgehead atoms. The fourth-order valence-electron chi connectivity index (χ4n) is 14.7. The molecule has 6 nitrogen and oxygen atoms in total. The first-order valence-corrected chi connectivity index (χ1v) is 32.8. The fraction of sp³-hybridized carbons (Fsp3) is 0.0222. The van der Waals surface area contributed by atoms with Gasteiger partial charge in [0.25, 0.3) is 0 Å². The Morgan fingerprint density at radius 3 is 0.823 bits per heavy atom. The summed E-state index contributed by atoms with van der Waals surface area (Å²) < 4.78 is 13.3. The number of hydrogen-bond donors (Lipinski definition) is 0. The molecule has 2 heterocycles. The summed E-state index contributed by atoms with van der Waals surface area (Å²) in [4.78, 5) is 9.40. The molecule has 0 aliphatic heterocycles. The van der Waals surface area contributed by atoms with Gasteiger partial charge in [-0.15, -0.1) is 0 Å². The maximum Gasteiger partial charge on any atom is 0.136 e. The van der Waals surface area contributed by atoms with Gasteiger partial charge in [0, 0.05) is 89.8 Å². The van der Waals surface area contributed by atoms with Gasteiger partial charge in [-0.3, -0.25) is 0 Å². The molecular weight excluding hydrogens is 1170 g/mol. The fourth-order valence-corrected chi connectivity index (χ4v) is 14.7. The maximum atomic E-state index is 6.68. The number of para-hydroxylation sites is 6. The van der Waals surface area contributed by atoms with Crippen molar-refractivity contribution in [3.05, 3.63) is 351 Å². The number of rotatable bonds is 13. The summed E-state index contributed by atoms with van der Waals surface area (Å²) >= 11 is 0. The largest absolute Gasteiger partial charge is 0.456 e. The van der Waals surface area contributed by atoms with Gasteiger partial charge in [0.1, 0.15) is 22.3 Å². The Bertz CT molecular complexity index is 5950. The van der Waals surface area contributed by atoms with Crippen LogP contribution in [0.2, 0.25) is 0 Å². The Hall–Kier alpha value is -12.6. The van der Waals surface area contributed by atoms with Gasteiger partial charge in [-0.2, -0.15) is 0 Å². The number of nitrogens with zero attached hydrogens (tertiary/aromatic N) is 4. The molecule has 6 heteroatoms. The van der Waals surface area contributed by atoms with Gasteiger partial charge in [0.2, 0.25) is 0 Å². The molecule has 2 aromatic heterocycles. The number of furan rings is 2. The molecule has 0 aliphatic carbocycles. The van der Waals surface area contributed by atoms with Gasteiger partial charge in [0.15, 0.2) is 0 Å². The molecule has 0 unspecified atom stereocenters. The number of aryl methyl sites for hydroxylation is 2. The Morgan fingerprint density at radius 2 is 0.479 bits per heavy atom. The van der Waals surface area contributed by atoms with Crippen molar-refractivity contribution >= 4 is 155 Å². The van der Waals surface area contributed by atoms with E-state index in [0.29, 0.717) is 0 Å². The molecule has 454 valence electrons. The van der Waals surface area contributed by atoms with E-state index in [9.17, 15) is 0 Å². The second kappa shape index (κ2) is 23.2. The van der Waals surface area contributed by atoms with E-state index in [1.54, 1.807) is 0 Å². The molecule has 96 heavy (non-hydrogen) atoms. The second-order valence-corrected chi connectivity index (χ2v) is 24.9. The van der Waals surface area contributed by atoms with Gasteiger partial charge in [-0.1, -0.05) is 176 Å². The predicted octanol–water partition coefficient (Wildman–Crippen LogP) is 26.3. The number of fused-ring (bicyclic) bond motifs is 14. The predicted molar refractivity (Wildman–Crippen MR) is 405 cm³/mol. The SMILES string of the molecule is Cc1ccccc1N(c1ccccc1)c1ccc2c(ccc3oc4ccc5cc(N(c6ccccc6)c6ccc(-c7ccc(N(c8ccccc8)c8ccc9c(ccc%10oc%11ccc%12cc(N(c%13ccccc%13)c%13ccccc%13)ccc%12c%11c%109)c8)cc7)cc6C)ccc5c4c32)c1. The van der Waals surface area contributed by atoms with Crippen LogP contribution >= 0.6 is 0 Å². The number of hydrogen-bond acceptors (Lipinski definition) is 6. The highest BCUT2D eigenvalue weighted by atomic mass is 16.3. The topological polar surface area (TPSA) is 39.2 Å². The van der Waals surface area contributed by atoms with Crippen LogP contribution in [0.4, 0.5) is 68.2 Å². The van der Waals surface area contributed by atoms with Crippen molar-refractivity contribution < 1.29 is 8.83 Å². The molecule has 0 saturated carbocycles. The lowest BCUT2D eigenvalue weighted by molar-refractivity contribution is 0.669. The zero-order valence-electron chi connectivity index (χ0n) is 52.9. The molecule has 0 fully saturated rings.